The van der Waals surface area contributed by atoms with E-state index in [1.807, 2.05) is 19.9 Å². The number of nitriles is 1. The molecule has 0 aliphatic heterocycles. The Balaban J connectivity index is 2.35. The molecular weight excluding hydrogens is 354 g/mol. The summed E-state index contributed by atoms with van der Waals surface area (Å²) in [4.78, 5) is 3.78. The summed E-state index contributed by atoms with van der Waals surface area (Å²) in [6.07, 6.45) is 1.17. The normalized spacial score (nSPS) is 11.0. The number of rotatable bonds is 3. The lowest BCUT2D eigenvalue weighted by molar-refractivity contribution is 0.601. The minimum Gasteiger partial charge on any atom is -0.280 e. The highest BCUT2D eigenvalue weighted by atomic mass is 79.9. The van der Waals surface area contributed by atoms with E-state index in [1.165, 1.54) is 18.3 Å². The first kappa shape index (κ1) is 15.5. The molecule has 0 saturated carbocycles. The van der Waals surface area contributed by atoms with Crippen LogP contribution in [-0.2, 0) is 10.0 Å². The van der Waals surface area contributed by atoms with Gasteiger partial charge in [0.1, 0.15) is 16.7 Å². The second-order valence-corrected chi connectivity index (χ2v) is 7.00. The molecular formula is C14H12BrN3O2S. The maximum atomic E-state index is 12.3. The summed E-state index contributed by atoms with van der Waals surface area (Å²) in [6, 6.07) is 8.05. The molecule has 0 bridgehead atoms. The number of hydrogen-bond donors (Lipinski definition) is 1. The zero-order chi connectivity index (χ0) is 15.6. The Morgan fingerprint density at radius 3 is 2.33 bits per heavy atom. The number of aromatic nitrogens is 1. The molecule has 0 aliphatic carbocycles. The predicted octanol–water partition coefficient (Wildman–Crippen LogP) is 3.13. The molecule has 0 radical (unpaired) electrons. The van der Waals surface area contributed by atoms with E-state index in [-0.39, 0.29) is 10.6 Å². The topological polar surface area (TPSA) is 82.9 Å². The molecule has 1 aromatic carbocycles. The van der Waals surface area contributed by atoms with Gasteiger partial charge in [0.05, 0.1) is 0 Å². The largest absolute Gasteiger partial charge is 0.280 e. The van der Waals surface area contributed by atoms with Crippen LogP contribution in [0.25, 0.3) is 0 Å². The van der Waals surface area contributed by atoms with Crippen LogP contribution in [-0.4, -0.2) is 13.4 Å². The molecule has 1 aromatic heterocycles. The fourth-order valence-electron chi connectivity index (χ4n) is 1.82. The van der Waals surface area contributed by atoms with Crippen LogP contribution in [0.2, 0.25) is 0 Å². The minimum absolute atomic E-state index is 0.0136. The molecule has 0 aliphatic rings. The van der Waals surface area contributed by atoms with E-state index >= 15 is 0 Å². The number of hydrogen-bond acceptors (Lipinski definition) is 4. The van der Waals surface area contributed by atoms with E-state index in [2.05, 4.69) is 25.6 Å². The number of benzene rings is 1. The molecule has 21 heavy (non-hydrogen) atoms. The molecule has 0 unspecified atom stereocenters. The average Bonchev–Trinajstić information content (AvgIpc) is 2.44. The first-order valence-corrected chi connectivity index (χ1v) is 8.27. The van der Waals surface area contributed by atoms with Gasteiger partial charge in [-0.3, -0.25) is 4.72 Å². The summed E-state index contributed by atoms with van der Waals surface area (Å²) in [5, 5.41) is 8.67. The van der Waals surface area contributed by atoms with E-state index in [0.29, 0.717) is 5.69 Å². The first-order chi connectivity index (χ1) is 9.83. The summed E-state index contributed by atoms with van der Waals surface area (Å²) in [5.41, 5.74) is 2.53. The number of pyridine rings is 1. The van der Waals surface area contributed by atoms with Gasteiger partial charge in [-0.1, -0.05) is 15.9 Å². The standard InChI is InChI=1S/C14H12BrN3O2S/c1-9-5-12(6-10(2)14(9)15)18-21(19,20)13-4-3-11(7-16)17-8-13/h3-6,8,18H,1-2H3. The van der Waals surface area contributed by atoms with Gasteiger partial charge in [-0.25, -0.2) is 13.4 Å². The number of nitrogens with zero attached hydrogens (tertiary/aromatic N) is 2. The average molecular weight is 366 g/mol. The molecule has 2 aromatic rings. The Labute approximate surface area is 131 Å². The molecule has 0 spiro atoms. The van der Waals surface area contributed by atoms with E-state index in [1.54, 1.807) is 12.1 Å². The van der Waals surface area contributed by atoms with Crippen LogP contribution < -0.4 is 4.72 Å². The van der Waals surface area contributed by atoms with Crippen molar-refractivity contribution >= 4 is 31.6 Å². The zero-order valence-electron chi connectivity index (χ0n) is 11.4. The van der Waals surface area contributed by atoms with Crippen molar-refractivity contribution in [1.29, 1.82) is 5.26 Å². The molecule has 1 heterocycles. The van der Waals surface area contributed by atoms with Gasteiger partial charge in [0.15, 0.2) is 0 Å². The van der Waals surface area contributed by atoms with E-state index in [0.717, 1.165) is 15.6 Å². The van der Waals surface area contributed by atoms with Crippen LogP contribution in [0.1, 0.15) is 16.8 Å². The quantitative estimate of drug-likeness (QED) is 0.905. The SMILES string of the molecule is Cc1cc(NS(=O)(=O)c2ccc(C#N)nc2)cc(C)c1Br. The summed E-state index contributed by atoms with van der Waals surface area (Å²) < 4.78 is 28.0. The van der Waals surface area contributed by atoms with Crippen molar-refractivity contribution < 1.29 is 8.42 Å². The molecule has 7 heteroatoms. The Bertz CT molecular complexity index is 801. The predicted molar refractivity (Wildman–Crippen MR) is 83.4 cm³/mol. The second kappa shape index (κ2) is 5.84. The summed E-state index contributed by atoms with van der Waals surface area (Å²) in [5.74, 6) is 0. The van der Waals surface area contributed by atoms with Gasteiger partial charge in [0.2, 0.25) is 0 Å². The summed E-state index contributed by atoms with van der Waals surface area (Å²) in [6.45, 7) is 3.77. The van der Waals surface area contributed by atoms with Gasteiger partial charge in [-0.2, -0.15) is 5.26 Å². The number of nitrogens with one attached hydrogen (secondary N) is 1. The molecule has 0 saturated heterocycles. The van der Waals surface area contributed by atoms with Crippen LogP contribution in [0.15, 0.2) is 39.8 Å². The molecule has 1 N–H and O–H groups in total. The fourth-order valence-corrected chi connectivity index (χ4v) is 3.04. The molecule has 0 atom stereocenters. The van der Waals surface area contributed by atoms with Crippen LogP contribution in [0.3, 0.4) is 0 Å². The van der Waals surface area contributed by atoms with Crippen LogP contribution >= 0.6 is 15.9 Å². The first-order valence-electron chi connectivity index (χ1n) is 5.99. The monoisotopic (exact) mass is 365 g/mol. The van der Waals surface area contributed by atoms with Crippen molar-refractivity contribution in [3.05, 3.63) is 51.8 Å². The van der Waals surface area contributed by atoms with Crippen LogP contribution in [0.5, 0.6) is 0 Å². The molecule has 108 valence electrons. The molecule has 0 amide bonds. The van der Waals surface area contributed by atoms with E-state index in [4.69, 9.17) is 5.26 Å². The Morgan fingerprint density at radius 1 is 1.24 bits per heavy atom. The molecule has 5 nitrogen and oxygen atoms in total. The van der Waals surface area contributed by atoms with Crippen molar-refractivity contribution in [2.75, 3.05) is 4.72 Å². The molecule has 2 rings (SSSR count). The fraction of sp³-hybridized carbons (Fsp3) is 0.143. The van der Waals surface area contributed by atoms with Crippen molar-refractivity contribution in [3.63, 3.8) is 0 Å². The maximum absolute atomic E-state index is 12.3. The van der Waals surface area contributed by atoms with Gasteiger partial charge < -0.3 is 0 Å². The van der Waals surface area contributed by atoms with Gasteiger partial charge in [0.25, 0.3) is 10.0 Å². The van der Waals surface area contributed by atoms with Crippen LogP contribution in [0, 0.1) is 25.2 Å². The highest BCUT2D eigenvalue weighted by Crippen LogP contribution is 2.26. The number of aryl methyl sites for hydroxylation is 2. The number of halogens is 1. The molecule has 0 fully saturated rings. The van der Waals surface area contributed by atoms with Gasteiger partial charge in [-0.15, -0.1) is 0 Å². The van der Waals surface area contributed by atoms with Crippen molar-refractivity contribution in [1.82, 2.24) is 4.98 Å². The van der Waals surface area contributed by atoms with Crippen molar-refractivity contribution in [2.24, 2.45) is 0 Å². The minimum atomic E-state index is -3.72. The Hall–Kier alpha value is -1.91. The highest BCUT2D eigenvalue weighted by molar-refractivity contribution is 9.10. The number of sulfonamides is 1. The Morgan fingerprint density at radius 2 is 1.86 bits per heavy atom. The van der Waals surface area contributed by atoms with E-state index in [9.17, 15) is 8.42 Å². The maximum Gasteiger partial charge on any atom is 0.263 e. The van der Waals surface area contributed by atoms with Gasteiger partial charge in [-0.05, 0) is 49.2 Å². The van der Waals surface area contributed by atoms with Crippen molar-refractivity contribution in [3.8, 4) is 6.07 Å². The Kier molecular flexibility index (Phi) is 4.30. The lowest BCUT2D eigenvalue weighted by Crippen LogP contribution is -2.13. The third-order valence-corrected chi connectivity index (χ3v) is 5.47. The highest BCUT2D eigenvalue weighted by Gasteiger charge is 2.15. The summed E-state index contributed by atoms with van der Waals surface area (Å²) >= 11 is 3.44. The zero-order valence-corrected chi connectivity index (χ0v) is 13.8. The van der Waals surface area contributed by atoms with Gasteiger partial charge in [0, 0.05) is 16.4 Å². The summed E-state index contributed by atoms with van der Waals surface area (Å²) in [7, 11) is -3.72. The van der Waals surface area contributed by atoms with E-state index < -0.39 is 10.0 Å². The second-order valence-electron chi connectivity index (χ2n) is 4.52. The van der Waals surface area contributed by atoms with Crippen molar-refractivity contribution in [2.45, 2.75) is 18.7 Å². The lowest BCUT2D eigenvalue weighted by atomic mass is 10.1. The van der Waals surface area contributed by atoms with Gasteiger partial charge >= 0.3 is 0 Å². The third kappa shape index (κ3) is 3.40. The smallest absolute Gasteiger partial charge is 0.263 e. The third-order valence-electron chi connectivity index (χ3n) is 2.85. The number of anilines is 1. The lowest BCUT2D eigenvalue weighted by Gasteiger charge is -2.11. The van der Waals surface area contributed by atoms with Crippen LogP contribution in [0.4, 0.5) is 5.69 Å².